The Bertz CT molecular complexity index is 2420. The van der Waals surface area contributed by atoms with Crippen molar-refractivity contribution in [2.45, 2.75) is 83.5 Å². The second-order valence-electron chi connectivity index (χ2n) is 20.0. The monoisotopic (exact) mass is 950 g/mol. The molecular weight excluding hydrogens is 912 g/mol. The van der Waals surface area contributed by atoms with E-state index in [9.17, 15) is 76.7 Å². The van der Waals surface area contributed by atoms with Crippen molar-refractivity contribution >= 4 is 95.5 Å². The summed E-state index contributed by atoms with van der Waals surface area (Å²) >= 11 is 0. The molecule has 13 aliphatic rings. The molecule has 0 amide bonds. The molecule has 3 spiro atoms. The number of hydrogen-bond donors (Lipinski definition) is 0. The van der Waals surface area contributed by atoms with Crippen LogP contribution in [0.15, 0.2) is 0 Å². The fourth-order valence-electron chi connectivity index (χ4n) is 13.1. The summed E-state index contributed by atoms with van der Waals surface area (Å²) < 4.78 is 36.5. The number of carbonyl (C=O) groups is 16. The molecule has 24 heteroatoms. The van der Waals surface area contributed by atoms with Crippen LogP contribution in [0.25, 0.3) is 0 Å². The molecule has 0 N–H and O–H groups in total. The molecule has 68 heavy (non-hydrogen) atoms. The van der Waals surface area contributed by atoms with Crippen molar-refractivity contribution < 1.29 is 115 Å². The standard InChI is InChI=1S/C14H14O6.C11H10O6.C10H8O6.C9H6O6/c15-11-7-1-5-2-9-10(14(18)20-13(9)17)4-6(5)3-8(7)12(16)19-11;12-7-4-11(10(15)16-7)2-5-1-6(3-11)9(14)17-8(5)13;11-6-3-10(9(14)15-6)2-4-1-5(10)8(13)16-7(4)12;10-4-2-9(8(13)14-4)1-3-5(9)7(12)15-6(3)11/h5-10H,1-4H2;5-6H,1-4H2;4-5H,1-3H2;3,5H,1-2H2. The molecule has 13 fully saturated rings. The molecule has 12 unspecified atom stereocenters. The summed E-state index contributed by atoms with van der Waals surface area (Å²) in [6, 6.07) is 0. The largest absolute Gasteiger partial charge is 0.393 e. The maximum atomic E-state index is 11.7. The summed E-state index contributed by atoms with van der Waals surface area (Å²) in [4.78, 5) is 183. The molecule has 0 radical (unpaired) electrons. The number of esters is 16. The molecular formula is C44H38O24. The molecule has 358 valence electrons. The van der Waals surface area contributed by atoms with E-state index in [1.165, 1.54) is 0 Å². The van der Waals surface area contributed by atoms with Crippen LogP contribution in [0, 0.1) is 87.3 Å². The van der Waals surface area contributed by atoms with Crippen molar-refractivity contribution in [2.24, 2.45) is 87.3 Å². The first-order chi connectivity index (χ1) is 32.1. The number of carbonyl (C=O) groups excluding carboxylic acids is 16. The van der Waals surface area contributed by atoms with Crippen molar-refractivity contribution in [2.75, 3.05) is 0 Å². The molecule has 0 aromatic carbocycles. The van der Waals surface area contributed by atoms with E-state index in [2.05, 4.69) is 28.4 Å². The van der Waals surface area contributed by atoms with E-state index in [4.69, 9.17) is 9.47 Å². The molecule has 5 saturated carbocycles. The Morgan fingerprint density at radius 1 is 0.309 bits per heavy atom. The van der Waals surface area contributed by atoms with Crippen molar-refractivity contribution in [3.63, 3.8) is 0 Å². The number of ether oxygens (including phenoxy) is 8. The first-order valence-electron chi connectivity index (χ1n) is 22.1. The Morgan fingerprint density at radius 2 is 0.691 bits per heavy atom. The minimum absolute atomic E-state index is 0.0284. The lowest BCUT2D eigenvalue weighted by atomic mass is 9.54. The minimum Gasteiger partial charge on any atom is -0.393 e. The van der Waals surface area contributed by atoms with Crippen LogP contribution < -0.4 is 0 Å². The smallest absolute Gasteiger partial charge is 0.321 e. The first-order valence-corrected chi connectivity index (χ1v) is 22.1. The highest BCUT2D eigenvalue weighted by atomic mass is 16.6. The SMILES string of the molecule is O=C1CC2(CC3C(=O)OC(=O)C32)C(=O)O1.O=C1CC2(CC3CC(C2)C(=O)OC3=O)C(=O)O1.O=C1CC2(CC3CC2C(=O)OC3=O)C(=O)O1.O=C1OC(=O)C2CC3CC4C(=O)OC(=O)C4CC3CC12. The molecule has 5 aliphatic carbocycles. The van der Waals surface area contributed by atoms with E-state index >= 15 is 0 Å². The molecule has 8 heterocycles. The fourth-order valence-corrected chi connectivity index (χ4v) is 13.1. The third kappa shape index (κ3) is 6.90. The number of cyclic esters (lactones) is 16. The average Bonchev–Trinajstić information content (AvgIpc) is 4.09. The predicted molar refractivity (Wildman–Crippen MR) is 198 cm³/mol. The van der Waals surface area contributed by atoms with Crippen molar-refractivity contribution in [1.82, 2.24) is 0 Å². The lowest BCUT2D eigenvalue weighted by molar-refractivity contribution is -0.180. The summed E-state index contributed by atoms with van der Waals surface area (Å²) in [5.74, 6) is -13.7. The van der Waals surface area contributed by atoms with Crippen molar-refractivity contribution in [1.29, 1.82) is 0 Å². The van der Waals surface area contributed by atoms with Gasteiger partial charge in [0.2, 0.25) is 0 Å². The van der Waals surface area contributed by atoms with Gasteiger partial charge >= 0.3 is 95.5 Å². The number of fused-ring (bicyclic) bond motifs is 10. The minimum atomic E-state index is -1.13. The van der Waals surface area contributed by atoms with Crippen LogP contribution in [-0.4, -0.2) is 95.5 Å². The molecule has 0 aromatic heterocycles. The van der Waals surface area contributed by atoms with Gasteiger partial charge in [0.1, 0.15) is 0 Å². The lowest BCUT2D eigenvalue weighted by Crippen LogP contribution is -2.52. The summed E-state index contributed by atoms with van der Waals surface area (Å²) in [6.45, 7) is 0. The van der Waals surface area contributed by atoms with Gasteiger partial charge in [0.15, 0.2) is 0 Å². The Morgan fingerprint density at radius 3 is 1.12 bits per heavy atom. The molecule has 4 bridgehead atoms. The second-order valence-corrected chi connectivity index (χ2v) is 20.0. The maximum Gasteiger partial charge on any atom is 0.321 e. The van der Waals surface area contributed by atoms with E-state index in [-0.39, 0.29) is 80.5 Å². The highest BCUT2D eigenvalue weighted by molar-refractivity contribution is 6.08. The highest BCUT2D eigenvalue weighted by Crippen LogP contribution is 2.60. The quantitative estimate of drug-likeness (QED) is 0.161. The van der Waals surface area contributed by atoms with Gasteiger partial charge < -0.3 is 37.9 Å². The van der Waals surface area contributed by atoms with E-state index in [1.54, 1.807) is 0 Å². The summed E-state index contributed by atoms with van der Waals surface area (Å²) in [6.07, 6.45) is 3.68. The van der Waals surface area contributed by atoms with E-state index in [1.807, 2.05) is 0 Å². The van der Waals surface area contributed by atoms with Gasteiger partial charge in [-0.3, -0.25) is 76.7 Å². The van der Waals surface area contributed by atoms with Gasteiger partial charge in [-0.1, -0.05) is 0 Å². The lowest BCUT2D eigenvalue weighted by Gasteiger charge is -2.41. The Kier molecular flexibility index (Phi) is 10.3. The molecule has 8 aliphatic heterocycles. The zero-order chi connectivity index (χ0) is 48.5. The van der Waals surface area contributed by atoms with Gasteiger partial charge in [0.05, 0.1) is 94.7 Å². The molecule has 0 aromatic rings. The van der Waals surface area contributed by atoms with Gasteiger partial charge in [-0.05, 0) is 76.0 Å². The van der Waals surface area contributed by atoms with Gasteiger partial charge in [-0.2, -0.15) is 0 Å². The predicted octanol–water partition coefficient (Wildman–Crippen LogP) is -0.894. The third-order valence-corrected chi connectivity index (χ3v) is 16.4. The zero-order valence-electron chi connectivity index (χ0n) is 35.4. The van der Waals surface area contributed by atoms with Crippen molar-refractivity contribution in [3.8, 4) is 0 Å². The maximum absolute atomic E-state index is 11.7. The van der Waals surface area contributed by atoms with E-state index in [0.29, 0.717) is 38.5 Å². The van der Waals surface area contributed by atoms with Crippen LogP contribution in [0.4, 0.5) is 0 Å². The summed E-state index contributed by atoms with van der Waals surface area (Å²) in [7, 11) is 0. The Labute approximate surface area is 380 Å². The topological polar surface area (TPSA) is 347 Å². The third-order valence-electron chi connectivity index (χ3n) is 16.4. The van der Waals surface area contributed by atoms with Crippen LogP contribution in [0.1, 0.15) is 83.5 Å². The molecule has 13 rings (SSSR count). The fraction of sp³-hybridized carbons (Fsp3) is 0.636. The van der Waals surface area contributed by atoms with E-state index < -0.39 is 147 Å². The van der Waals surface area contributed by atoms with Gasteiger partial charge in [-0.25, -0.2) is 0 Å². The normalized spacial score (nSPS) is 42.9. The van der Waals surface area contributed by atoms with Crippen LogP contribution in [0.5, 0.6) is 0 Å². The van der Waals surface area contributed by atoms with Gasteiger partial charge in [0.25, 0.3) is 0 Å². The van der Waals surface area contributed by atoms with E-state index in [0.717, 1.165) is 0 Å². The Hall–Kier alpha value is -6.88. The van der Waals surface area contributed by atoms with Crippen LogP contribution in [0.2, 0.25) is 0 Å². The van der Waals surface area contributed by atoms with Crippen LogP contribution in [-0.2, 0) is 115 Å². The van der Waals surface area contributed by atoms with Gasteiger partial charge in [-0.15, -0.1) is 0 Å². The van der Waals surface area contributed by atoms with Crippen LogP contribution in [0.3, 0.4) is 0 Å². The second kappa shape index (κ2) is 15.6. The number of hydrogen-bond acceptors (Lipinski definition) is 24. The van der Waals surface area contributed by atoms with Crippen LogP contribution >= 0.6 is 0 Å². The highest BCUT2D eigenvalue weighted by Gasteiger charge is 2.73. The first kappa shape index (κ1) is 44.9. The summed E-state index contributed by atoms with van der Waals surface area (Å²) in [5, 5.41) is 0. The average molecular weight is 951 g/mol. The van der Waals surface area contributed by atoms with Crippen molar-refractivity contribution in [3.05, 3.63) is 0 Å². The molecule has 24 nitrogen and oxygen atoms in total. The molecule has 12 atom stereocenters. The summed E-state index contributed by atoms with van der Waals surface area (Å²) in [5.41, 5.74) is -3.21. The molecule has 8 saturated heterocycles. The Balaban J connectivity index is 0.000000106. The zero-order valence-corrected chi connectivity index (χ0v) is 35.4. The number of rotatable bonds is 0. The van der Waals surface area contributed by atoms with Gasteiger partial charge in [0, 0.05) is 0 Å².